The zero-order valence-electron chi connectivity index (χ0n) is 11.6. The molecule has 2 rings (SSSR count). The third-order valence-electron chi connectivity index (χ3n) is 3.23. The Hall–Kier alpha value is -2.11. The average Bonchev–Trinajstić information content (AvgIpc) is 2.43. The SMILES string of the molecule is Cc1cc(=O)[nH]c(NCCNC(=O)[C@@H]2CC=CCC2)n1. The first kappa shape index (κ1) is 14.3. The van der Waals surface area contributed by atoms with E-state index in [1.54, 1.807) is 6.92 Å². The van der Waals surface area contributed by atoms with Crippen molar-refractivity contribution in [1.29, 1.82) is 0 Å². The highest BCUT2D eigenvalue weighted by Crippen LogP contribution is 2.17. The molecule has 1 heterocycles. The van der Waals surface area contributed by atoms with Gasteiger partial charge in [0.05, 0.1) is 0 Å². The number of H-pyrrole nitrogens is 1. The molecule has 108 valence electrons. The Kier molecular flexibility index (Phi) is 4.92. The maximum absolute atomic E-state index is 11.9. The summed E-state index contributed by atoms with van der Waals surface area (Å²) in [5, 5.41) is 5.89. The molecule has 1 aromatic heterocycles. The second-order valence-corrected chi connectivity index (χ2v) is 4.93. The maximum Gasteiger partial charge on any atom is 0.252 e. The van der Waals surface area contributed by atoms with Crippen LogP contribution in [0.25, 0.3) is 0 Å². The molecule has 6 heteroatoms. The lowest BCUT2D eigenvalue weighted by molar-refractivity contribution is -0.125. The second kappa shape index (κ2) is 6.88. The Balaban J connectivity index is 1.72. The number of aryl methyl sites for hydroxylation is 1. The van der Waals surface area contributed by atoms with Gasteiger partial charge in [-0.2, -0.15) is 0 Å². The van der Waals surface area contributed by atoms with Crippen molar-refractivity contribution in [3.8, 4) is 0 Å². The van der Waals surface area contributed by atoms with Gasteiger partial charge >= 0.3 is 0 Å². The molecule has 1 aromatic rings. The van der Waals surface area contributed by atoms with Crippen molar-refractivity contribution in [2.75, 3.05) is 18.4 Å². The summed E-state index contributed by atoms with van der Waals surface area (Å²) in [4.78, 5) is 29.9. The number of rotatable bonds is 5. The number of nitrogens with one attached hydrogen (secondary N) is 3. The molecular weight excluding hydrogens is 256 g/mol. The molecule has 1 amide bonds. The first-order chi connectivity index (χ1) is 9.65. The van der Waals surface area contributed by atoms with Crippen LogP contribution in [0.1, 0.15) is 25.0 Å². The molecule has 1 aliphatic rings. The van der Waals surface area contributed by atoms with Gasteiger partial charge in [-0.3, -0.25) is 14.6 Å². The smallest absolute Gasteiger partial charge is 0.252 e. The van der Waals surface area contributed by atoms with Crippen LogP contribution in [0.2, 0.25) is 0 Å². The summed E-state index contributed by atoms with van der Waals surface area (Å²) in [5.74, 6) is 0.628. The summed E-state index contributed by atoms with van der Waals surface area (Å²) < 4.78 is 0. The zero-order valence-corrected chi connectivity index (χ0v) is 11.6. The van der Waals surface area contributed by atoms with Gasteiger partial charge in [0.1, 0.15) is 0 Å². The predicted octanol–water partition coefficient (Wildman–Crippen LogP) is 0.963. The van der Waals surface area contributed by atoms with Crippen molar-refractivity contribution < 1.29 is 4.79 Å². The largest absolute Gasteiger partial charge is 0.354 e. The topological polar surface area (TPSA) is 86.9 Å². The summed E-state index contributed by atoms with van der Waals surface area (Å²) in [7, 11) is 0. The van der Waals surface area contributed by atoms with Crippen molar-refractivity contribution in [1.82, 2.24) is 15.3 Å². The van der Waals surface area contributed by atoms with Gasteiger partial charge < -0.3 is 10.6 Å². The Morgan fingerprint density at radius 2 is 2.30 bits per heavy atom. The van der Waals surface area contributed by atoms with Crippen molar-refractivity contribution in [3.63, 3.8) is 0 Å². The average molecular weight is 276 g/mol. The highest BCUT2D eigenvalue weighted by molar-refractivity contribution is 5.78. The zero-order chi connectivity index (χ0) is 14.4. The second-order valence-electron chi connectivity index (χ2n) is 4.93. The highest BCUT2D eigenvalue weighted by atomic mass is 16.2. The van der Waals surface area contributed by atoms with E-state index < -0.39 is 0 Å². The fraction of sp³-hybridized carbons (Fsp3) is 0.500. The number of nitrogens with zero attached hydrogens (tertiary/aromatic N) is 1. The summed E-state index contributed by atoms with van der Waals surface area (Å²) >= 11 is 0. The molecule has 0 unspecified atom stereocenters. The van der Waals surface area contributed by atoms with Gasteiger partial charge in [0, 0.05) is 30.8 Å². The number of aromatic nitrogens is 2. The van der Waals surface area contributed by atoms with Crippen LogP contribution in [-0.2, 0) is 4.79 Å². The van der Waals surface area contributed by atoms with Gasteiger partial charge in [-0.15, -0.1) is 0 Å². The minimum absolute atomic E-state index is 0.0944. The van der Waals surface area contributed by atoms with Crippen LogP contribution in [0.5, 0.6) is 0 Å². The summed E-state index contributed by atoms with van der Waals surface area (Å²) in [6, 6.07) is 1.43. The minimum atomic E-state index is -0.182. The van der Waals surface area contributed by atoms with E-state index in [4.69, 9.17) is 0 Å². The highest BCUT2D eigenvalue weighted by Gasteiger charge is 2.17. The summed E-state index contributed by atoms with van der Waals surface area (Å²) in [5.41, 5.74) is 0.479. The number of anilines is 1. The number of hydrogen-bond donors (Lipinski definition) is 3. The number of hydrogen-bond acceptors (Lipinski definition) is 4. The van der Waals surface area contributed by atoms with Gasteiger partial charge in [0.15, 0.2) is 0 Å². The molecule has 6 nitrogen and oxygen atoms in total. The van der Waals surface area contributed by atoms with Crippen LogP contribution in [-0.4, -0.2) is 29.0 Å². The molecule has 3 N–H and O–H groups in total. The molecule has 0 saturated heterocycles. The Bertz CT molecular complexity index is 550. The molecule has 0 saturated carbocycles. The first-order valence-electron chi connectivity index (χ1n) is 6.89. The van der Waals surface area contributed by atoms with Crippen molar-refractivity contribution in [3.05, 3.63) is 34.3 Å². The molecule has 0 bridgehead atoms. The Morgan fingerprint density at radius 1 is 1.45 bits per heavy atom. The van der Waals surface area contributed by atoms with Crippen molar-refractivity contribution in [2.45, 2.75) is 26.2 Å². The molecular formula is C14H20N4O2. The maximum atomic E-state index is 11.9. The van der Waals surface area contributed by atoms with Crippen LogP contribution in [0.4, 0.5) is 5.95 Å². The van der Waals surface area contributed by atoms with E-state index in [1.165, 1.54) is 6.07 Å². The predicted molar refractivity (Wildman–Crippen MR) is 77.6 cm³/mol. The van der Waals surface area contributed by atoms with E-state index in [0.717, 1.165) is 19.3 Å². The fourth-order valence-electron chi connectivity index (χ4n) is 2.21. The number of carbonyl (C=O) groups excluding carboxylic acids is 1. The van der Waals surface area contributed by atoms with E-state index >= 15 is 0 Å². The molecule has 20 heavy (non-hydrogen) atoms. The van der Waals surface area contributed by atoms with Crippen LogP contribution < -0.4 is 16.2 Å². The van der Waals surface area contributed by atoms with Crippen LogP contribution in [0.3, 0.4) is 0 Å². The van der Waals surface area contributed by atoms with E-state index in [-0.39, 0.29) is 17.4 Å². The first-order valence-corrected chi connectivity index (χ1v) is 6.89. The van der Waals surface area contributed by atoms with Crippen LogP contribution in [0.15, 0.2) is 23.0 Å². The van der Waals surface area contributed by atoms with E-state index in [0.29, 0.717) is 24.7 Å². The lowest BCUT2D eigenvalue weighted by Gasteiger charge is -2.17. The Morgan fingerprint density at radius 3 is 3.00 bits per heavy atom. The number of amides is 1. The van der Waals surface area contributed by atoms with Crippen molar-refractivity contribution >= 4 is 11.9 Å². The van der Waals surface area contributed by atoms with Gasteiger partial charge in [-0.1, -0.05) is 12.2 Å². The van der Waals surface area contributed by atoms with Crippen molar-refractivity contribution in [2.24, 2.45) is 5.92 Å². The molecule has 0 aliphatic heterocycles. The quantitative estimate of drug-likeness (QED) is 0.552. The van der Waals surface area contributed by atoms with E-state index in [1.807, 2.05) is 0 Å². The number of aromatic amines is 1. The lowest BCUT2D eigenvalue weighted by atomic mass is 9.94. The lowest BCUT2D eigenvalue weighted by Crippen LogP contribution is -2.34. The molecule has 1 atom stereocenters. The monoisotopic (exact) mass is 276 g/mol. The molecule has 0 spiro atoms. The summed E-state index contributed by atoms with van der Waals surface area (Å²) in [6.07, 6.45) is 6.90. The van der Waals surface area contributed by atoms with Gasteiger partial charge in [-0.25, -0.2) is 4.98 Å². The molecule has 1 aliphatic carbocycles. The minimum Gasteiger partial charge on any atom is -0.354 e. The molecule has 0 fully saturated rings. The van der Waals surface area contributed by atoms with E-state index in [2.05, 4.69) is 32.8 Å². The molecule has 0 radical (unpaired) electrons. The third kappa shape index (κ3) is 4.22. The standard InChI is InChI=1S/C14H20N4O2/c1-10-9-12(19)18-14(17-10)16-8-7-15-13(20)11-5-3-2-4-6-11/h2-3,9,11H,4-8H2,1H3,(H,15,20)(H2,16,17,18,19)/t11-/m1/s1. The molecule has 0 aromatic carbocycles. The van der Waals surface area contributed by atoms with Gasteiger partial charge in [0.25, 0.3) is 5.56 Å². The van der Waals surface area contributed by atoms with Crippen LogP contribution >= 0.6 is 0 Å². The van der Waals surface area contributed by atoms with E-state index in [9.17, 15) is 9.59 Å². The fourth-order valence-corrected chi connectivity index (χ4v) is 2.21. The summed E-state index contributed by atoms with van der Waals surface area (Å²) in [6.45, 7) is 2.80. The normalized spacial score (nSPS) is 17.8. The van der Waals surface area contributed by atoms with Crippen LogP contribution in [0, 0.1) is 12.8 Å². The number of carbonyl (C=O) groups is 1. The Labute approximate surface area is 117 Å². The number of allylic oxidation sites excluding steroid dienone is 2. The van der Waals surface area contributed by atoms with Gasteiger partial charge in [0.2, 0.25) is 11.9 Å². The third-order valence-corrected chi connectivity index (χ3v) is 3.23. The van der Waals surface area contributed by atoms with Gasteiger partial charge in [-0.05, 0) is 26.2 Å².